The molecule has 1 aliphatic rings. The highest BCUT2D eigenvalue weighted by Crippen LogP contribution is 2.26. The highest BCUT2D eigenvalue weighted by Gasteiger charge is 2.34. The average Bonchev–Trinajstić information content (AvgIpc) is 3.09. The van der Waals surface area contributed by atoms with Crippen LogP contribution in [0.2, 0.25) is 0 Å². The second kappa shape index (κ2) is 8.03. The van der Waals surface area contributed by atoms with Crippen molar-refractivity contribution in [2.75, 3.05) is 18.4 Å². The Morgan fingerprint density at radius 3 is 2.55 bits per heavy atom. The zero-order valence-corrected chi connectivity index (χ0v) is 16.2. The molecule has 0 bridgehead atoms. The summed E-state index contributed by atoms with van der Waals surface area (Å²) in [4.78, 5) is 12.6. The Morgan fingerprint density at radius 2 is 1.97 bits per heavy atom. The molecule has 1 aliphatic heterocycles. The molecule has 1 N–H and O–H groups in total. The van der Waals surface area contributed by atoms with Crippen LogP contribution in [-0.2, 0) is 21.9 Å². The van der Waals surface area contributed by atoms with Gasteiger partial charge in [0.25, 0.3) is 0 Å². The number of hydrogen-bond acceptors (Lipinski definition) is 5. The average molecular weight is 432 g/mol. The first-order chi connectivity index (χ1) is 13.5. The van der Waals surface area contributed by atoms with E-state index in [4.69, 9.17) is 0 Å². The van der Waals surface area contributed by atoms with Gasteiger partial charge >= 0.3 is 6.36 Å². The fraction of sp³-hybridized carbons (Fsp3) is 0.412. The number of aryl methyl sites for hydroxylation is 1. The molecule has 1 aromatic heterocycles. The molecule has 1 atom stereocenters. The molecule has 0 radical (unpaired) electrons. The van der Waals surface area contributed by atoms with E-state index in [1.54, 1.807) is 7.05 Å². The van der Waals surface area contributed by atoms with Crippen molar-refractivity contribution in [1.29, 1.82) is 0 Å². The number of sulfonamides is 1. The fourth-order valence-electron chi connectivity index (χ4n) is 3.04. The minimum absolute atomic E-state index is 0.0122. The third-order valence-electron chi connectivity index (χ3n) is 4.43. The van der Waals surface area contributed by atoms with E-state index in [9.17, 15) is 26.4 Å². The maximum Gasteiger partial charge on any atom is 0.573 e. The van der Waals surface area contributed by atoms with E-state index >= 15 is 0 Å². The monoisotopic (exact) mass is 432 g/mol. The summed E-state index contributed by atoms with van der Waals surface area (Å²) >= 11 is 0. The number of nitrogens with one attached hydrogen (secondary N) is 1. The lowest BCUT2D eigenvalue weighted by atomic mass is 9.99. The molecule has 0 saturated carbocycles. The van der Waals surface area contributed by atoms with Gasteiger partial charge in [-0.3, -0.25) is 9.48 Å². The summed E-state index contributed by atoms with van der Waals surface area (Å²) in [5.74, 6) is -1.39. The summed E-state index contributed by atoms with van der Waals surface area (Å²) in [7, 11) is -2.15. The summed E-state index contributed by atoms with van der Waals surface area (Å²) in [5, 5.41) is 6.47. The van der Waals surface area contributed by atoms with Crippen molar-refractivity contribution in [2.45, 2.75) is 24.1 Å². The van der Waals surface area contributed by atoms with Crippen molar-refractivity contribution in [2.24, 2.45) is 13.0 Å². The maximum absolute atomic E-state index is 12.7. The zero-order valence-electron chi connectivity index (χ0n) is 15.4. The number of halogens is 3. The molecule has 0 spiro atoms. The van der Waals surface area contributed by atoms with E-state index < -0.39 is 34.0 Å². The lowest BCUT2D eigenvalue weighted by molar-refractivity contribution is -0.274. The first-order valence-corrected chi connectivity index (χ1v) is 10.1. The minimum atomic E-state index is -4.80. The van der Waals surface area contributed by atoms with Crippen LogP contribution in [0.1, 0.15) is 12.8 Å². The number of anilines is 1. The third-order valence-corrected chi connectivity index (χ3v) is 6.25. The molecule has 1 saturated heterocycles. The van der Waals surface area contributed by atoms with Gasteiger partial charge in [0.05, 0.1) is 12.1 Å². The molecule has 29 heavy (non-hydrogen) atoms. The smallest absolute Gasteiger partial charge is 0.406 e. The number of rotatable bonds is 5. The summed E-state index contributed by atoms with van der Waals surface area (Å²) < 4.78 is 68.4. The van der Waals surface area contributed by atoms with E-state index in [1.165, 1.54) is 33.5 Å². The molecule has 1 aromatic carbocycles. The Morgan fingerprint density at radius 1 is 1.28 bits per heavy atom. The zero-order chi connectivity index (χ0) is 21.2. The van der Waals surface area contributed by atoms with Crippen LogP contribution < -0.4 is 10.1 Å². The van der Waals surface area contributed by atoms with Gasteiger partial charge in [0.15, 0.2) is 0 Å². The van der Waals surface area contributed by atoms with Gasteiger partial charge < -0.3 is 10.1 Å². The molecule has 158 valence electrons. The second-order valence-electron chi connectivity index (χ2n) is 6.61. The van der Waals surface area contributed by atoms with Crippen molar-refractivity contribution < 1.29 is 31.1 Å². The van der Waals surface area contributed by atoms with Crippen LogP contribution in [0.4, 0.5) is 18.9 Å². The van der Waals surface area contributed by atoms with Gasteiger partial charge in [-0.1, -0.05) is 0 Å². The third kappa shape index (κ3) is 5.26. The van der Waals surface area contributed by atoms with Crippen LogP contribution >= 0.6 is 0 Å². The van der Waals surface area contributed by atoms with Gasteiger partial charge in [0.1, 0.15) is 10.6 Å². The van der Waals surface area contributed by atoms with Crippen molar-refractivity contribution in [3.63, 3.8) is 0 Å². The lowest BCUT2D eigenvalue weighted by Crippen LogP contribution is -2.43. The predicted octanol–water partition coefficient (Wildman–Crippen LogP) is 2.36. The molecule has 8 nitrogen and oxygen atoms in total. The largest absolute Gasteiger partial charge is 0.573 e. The van der Waals surface area contributed by atoms with Crippen LogP contribution in [0.25, 0.3) is 0 Å². The van der Waals surface area contributed by atoms with Crippen LogP contribution in [0, 0.1) is 5.92 Å². The minimum Gasteiger partial charge on any atom is -0.406 e. The molecular weight excluding hydrogens is 413 g/mol. The first kappa shape index (κ1) is 21.1. The van der Waals surface area contributed by atoms with Crippen molar-refractivity contribution in [3.05, 3.63) is 36.7 Å². The number of amides is 1. The van der Waals surface area contributed by atoms with E-state index in [1.807, 2.05) is 0 Å². The predicted molar refractivity (Wildman–Crippen MR) is 96.4 cm³/mol. The van der Waals surface area contributed by atoms with Gasteiger partial charge in [-0.05, 0) is 37.1 Å². The summed E-state index contributed by atoms with van der Waals surface area (Å²) in [6.07, 6.45) is -1.14. The number of ether oxygens (including phenoxy) is 1. The Kier molecular flexibility index (Phi) is 5.85. The van der Waals surface area contributed by atoms with Crippen LogP contribution in [-0.4, -0.2) is 47.9 Å². The van der Waals surface area contributed by atoms with Crippen LogP contribution in [0.3, 0.4) is 0 Å². The quantitative estimate of drug-likeness (QED) is 0.783. The standard InChI is InChI=1S/C17H19F3N4O4S/c1-23-11-15(9-21-23)29(26,27)24-8-2-3-12(10-24)16(25)22-13-4-6-14(7-5-13)28-17(18,19)20/h4-7,9,11-12H,2-3,8,10H2,1H3,(H,22,25)/t12-/m0/s1. The Balaban J connectivity index is 1.64. The van der Waals surface area contributed by atoms with Crippen molar-refractivity contribution in [1.82, 2.24) is 14.1 Å². The SMILES string of the molecule is Cn1cc(S(=O)(=O)N2CCC[C@H](C(=O)Nc3ccc(OC(F)(F)F)cc3)C2)cn1. The lowest BCUT2D eigenvalue weighted by Gasteiger charge is -2.30. The van der Waals surface area contributed by atoms with Gasteiger partial charge in [-0.2, -0.15) is 9.40 Å². The fourth-order valence-corrected chi connectivity index (χ4v) is 4.55. The normalized spacial score (nSPS) is 18.4. The number of aromatic nitrogens is 2. The van der Waals surface area contributed by atoms with E-state index in [-0.39, 0.29) is 17.1 Å². The first-order valence-electron chi connectivity index (χ1n) is 8.70. The highest BCUT2D eigenvalue weighted by atomic mass is 32.2. The highest BCUT2D eigenvalue weighted by molar-refractivity contribution is 7.89. The van der Waals surface area contributed by atoms with Gasteiger partial charge in [-0.15, -0.1) is 13.2 Å². The van der Waals surface area contributed by atoms with Crippen molar-refractivity contribution in [3.8, 4) is 5.75 Å². The number of benzene rings is 1. The molecule has 12 heteroatoms. The number of carbonyl (C=O) groups excluding carboxylic acids is 1. The molecule has 2 heterocycles. The Hall–Kier alpha value is -2.60. The molecule has 2 aromatic rings. The second-order valence-corrected chi connectivity index (χ2v) is 8.55. The number of alkyl halides is 3. The van der Waals surface area contributed by atoms with E-state index in [2.05, 4.69) is 15.2 Å². The summed E-state index contributed by atoms with van der Waals surface area (Å²) in [6, 6.07) is 4.74. The molecular formula is C17H19F3N4O4S. The van der Waals surface area contributed by atoms with E-state index in [0.29, 0.717) is 19.4 Å². The van der Waals surface area contributed by atoms with Gasteiger partial charge in [0.2, 0.25) is 15.9 Å². The molecule has 0 unspecified atom stereocenters. The molecule has 1 fully saturated rings. The Labute approximate surface area is 165 Å². The summed E-state index contributed by atoms with van der Waals surface area (Å²) in [6.45, 7) is 0.308. The number of nitrogens with zero attached hydrogens (tertiary/aromatic N) is 3. The van der Waals surface area contributed by atoms with Gasteiger partial charge in [-0.25, -0.2) is 8.42 Å². The van der Waals surface area contributed by atoms with Crippen LogP contribution in [0.5, 0.6) is 5.75 Å². The van der Waals surface area contributed by atoms with Crippen molar-refractivity contribution >= 4 is 21.6 Å². The van der Waals surface area contributed by atoms with E-state index in [0.717, 1.165) is 12.1 Å². The molecule has 3 rings (SSSR count). The van der Waals surface area contributed by atoms with Crippen LogP contribution in [0.15, 0.2) is 41.6 Å². The molecule has 1 amide bonds. The maximum atomic E-state index is 12.7. The number of hydrogen-bond donors (Lipinski definition) is 1. The number of carbonyl (C=O) groups is 1. The van der Waals surface area contributed by atoms with Gasteiger partial charge in [0, 0.05) is 32.0 Å². The topological polar surface area (TPSA) is 93.5 Å². The number of piperidine rings is 1. The summed E-state index contributed by atoms with van der Waals surface area (Å²) in [5.41, 5.74) is 0.289. The molecule has 0 aliphatic carbocycles. The Bertz CT molecular complexity index is 973.